The second-order valence-corrected chi connectivity index (χ2v) is 2.76. The van der Waals surface area contributed by atoms with Gasteiger partial charge < -0.3 is 10.0 Å². The van der Waals surface area contributed by atoms with E-state index in [0.29, 0.717) is 5.56 Å². The third-order valence-corrected chi connectivity index (χ3v) is 1.62. The molecule has 12 heavy (non-hydrogen) atoms. The molecule has 0 aliphatic heterocycles. The fourth-order valence-electron chi connectivity index (χ4n) is 1.02. The molecule has 0 saturated heterocycles. The number of phenols is 1. The van der Waals surface area contributed by atoms with Crippen LogP contribution in [0.5, 0.6) is 5.75 Å². The van der Waals surface area contributed by atoms with Gasteiger partial charge in [-0.3, -0.25) is 4.79 Å². The third kappa shape index (κ3) is 1.56. The van der Waals surface area contributed by atoms with E-state index in [9.17, 15) is 4.79 Å². The highest BCUT2D eigenvalue weighted by molar-refractivity contribution is 5.85. The molecule has 0 aromatic heterocycles. The summed E-state index contributed by atoms with van der Waals surface area (Å²) in [5.74, 6) is 0.171. The second kappa shape index (κ2) is 3.26. The van der Waals surface area contributed by atoms with Crippen molar-refractivity contribution in [3.05, 3.63) is 23.8 Å². The Morgan fingerprint density at radius 2 is 2.08 bits per heavy atom. The van der Waals surface area contributed by atoms with Crippen LogP contribution in [0.3, 0.4) is 0 Å². The van der Waals surface area contributed by atoms with Gasteiger partial charge in [-0.05, 0) is 12.1 Å². The number of carbonyl (C=O) groups excluding carboxylic acids is 1. The number of hydrogen-bond donors (Lipinski definition) is 1. The van der Waals surface area contributed by atoms with Gasteiger partial charge in [-0.1, -0.05) is 0 Å². The Balaban J connectivity index is 3.21. The zero-order valence-electron chi connectivity index (χ0n) is 7.11. The number of anilines is 1. The van der Waals surface area contributed by atoms with E-state index in [4.69, 9.17) is 5.11 Å². The lowest BCUT2D eigenvalue weighted by Crippen LogP contribution is -2.10. The van der Waals surface area contributed by atoms with Crippen LogP contribution in [0.25, 0.3) is 0 Å². The predicted octanol–water partition coefficient (Wildman–Crippen LogP) is 1.27. The van der Waals surface area contributed by atoms with Gasteiger partial charge in [0.2, 0.25) is 0 Å². The number of benzene rings is 1. The number of carbonyl (C=O) groups is 1. The quantitative estimate of drug-likeness (QED) is 0.671. The summed E-state index contributed by atoms with van der Waals surface area (Å²) in [5, 5.41) is 9.14. The number of rotatable bonds is 2. The van der Waals surface area contributed by atoms with E-state index in [1.54, 1.807) is 17.0 Å². The van der Waals surface area contributed by atoms with E-state index in [0.717, 1.165) is 12.0 Å². The monoisotopic (exact) mass is 165 g/mol. The molecule has 0 unspecified atom stereocenters. The first-order chi connectivity index (χ1) is 5.65. The average Bonchev–Trinajstić information content (AvgIpc) is 2.04. The van der Waals surface area contributed by atoms with Crippen molar-refractivity contribution in [2.45, 2.75) is 0 Å². The summed E-state index contributed by atoms with van der Waals surface area (Å²) in [6.45, 7) is 0. The average molecular weight is 165 g/mol. The first kappa shape index (κ1) is 8.59. The van der Waals surface area contributed by atoms with E-state index in [2.05, 4.69) is 0 Å². The van der Waals surface area contributed by atoms with Crippen LogP contribution < -0.4 is 4.90 Å². The van der Waals surface area contributed by atoms with Gasteiger partial charge in [0.25, 0.3) is 0 Å². The molecule has 0 aliphatic carbocycles. The summed E-state index contributed by atoms with van der Waals surface area (Å²) >= 11 is 0. The molecule has 0 spiro atoms. The Hall–Kier alpha value is -1.51. The van der Waals surface area contributed by atoms with Crippen molar-refractivity contribution in [2.24, 2.45) is 0 Å². The molecule has 0 heterocycles. The number of hydrogen-bond acceptors (Lipinski definition) is 3. The fraction of sp³-hybridized carbons (Fsp3) is 0.222. The van der Waals surface area contributed by atoms with Crippen molar-refractivity contribution < 1.29 is 9.90 Å². The second-order valence-electron chi connectivity index (χ2n) is 2.76. The number of aldehydes is 1. The van der Waals surface area contributed by atoms with Crippen LogP contribution in [0, 0.1) is 0 Å². The molecule has 1 N–H and O–H groups in total. The van der Waals surface area contributed by atoms with E-state index in [1.165, 1.54) is 6.07 Å². The van der Waals surface area contributed by atoms with Crippen molar-refractivity contribution >= 4 is 12.0 Å². The lowest BCUT2D eigenvalue weighted by molar-refractivity contribution is 0.112. The SMILES string of the molecule is CN(C)c1cc(O)ccc1C=O. The van der Waals surface area contributed by atoms with Gasteiger partial charge in [0, 0.05) is 25.7 Å². The Labute approximate surface area is 71.2 Å². The summed E-state index contributed by atoms with van der Waals surface area (Å²) in [7, 11) is 3.64. The lowest BCUT2D eigenvalue weighted by Gasteiger charge is -2.14. The molecule has 3 nitrogen and oxygen atoms in total. The van der Waals surface area contributed by atoms with Crippen LogP contribution in [0.2, 0.25) is 0 Å². The predicted molar refractivity (Wildman–Crippen MR) is 47.8 cm³/mol. The van der Waals surface area contributed by atoms with Gasteiger partial charge in [0.05, 0.1) is 5.69 Å². The maximum atomic E-state index is 10.5. The summed E-state index contributed by atoms with van der Waals surface area (Å²) in [6, 6.07) is 4.65. The van der Waals surface area contributed by atoms with Crippen LogP contribution in [0.1, 0.15) is 10.4 Å². The van der Waals surface area contributed by atoms with E-state index in [-0.39, 0.29) is 5.75 Å². The van der Waals surface area contributed by atoms with Gasteiger partial charge in [-0.25, -0.2) is 0 Å². The van der Waals surface area contributed by atoms with E-state index >= 15 is 0 Å². The third-order valence-electron chi connectivity index (χ3n) is 1.62. The first-order valence-electron chi connectivity index (χ1n) is 3.60. The lowest BCUT2D eigenvalue weighted by atomic mass is 10.2. The standard InChI is InChI=1S/C9H11NO2/c1-10(2)9-5-8(12)4-3-7(9)6-11/h3-6,12H,1-2H3. The molecule has 0 radical (unpaired) electrons. The van der Waals surface area contributed by atoms with Crippen LogP contribution in [0.4, 0.5) is 5.69 Å². The van der Waals surface area contributed by atoms with E-state index in [1.807, 2.05) is 14.1 Å². The molecule has 1 aromatic carbocycles. The molecule has 0 bridgehead atoms. The molecular formula is C9H11NO2. The molecule has 0 atom stereocenters. The molecule has 1 rings (SSSR count). The van der Waals surface area contributed by atoms with Crippen LogP contribution in [0.15, 0.2) is 18.2 Å². The van der Waals surface area contributed by atoms with Gasteiger partial charge >= 0.3 is 0 Å². The van der Waals surface area contributed by atoms with Crippen molar-refractivity contribution in [1.29, 1.82) is 0 Å². The minimum absolute atomic E-state index is 0.171. The van der Waals surface area contributed by atoms with Gasteiger partial charge in [0.15, 0.2) is 6.29 Å². The molecule has 3 heteroatoms. The molecule has 64 valence electrons. The van der Waals surface area contributed by atoms with Gasteiger partial charge in [0.1, 0.15) is 5.75 Å². The smallest absolute Gasteiger partial charge is 0.152 e. The van der Waals surface area contributed by atoms with Gasteiger partial charge in [-0.2, -0.15) is 0 Å². The largest absolute Gasteiger partial charge is 0.508 e. The Morgan fingerprint density at radius 3 is 2.58 bits per heavy atom. The molecule has 0 amide bonds. The maximum Gasteiger partial charge on any atom is 0.152 e. The minimum atomic E-state index is 0.171. The summed E-state index contributed by atoms with van der Waals surface area (Å²) < 4.78 is 0. The Morgan fingerprint density at radius 1 is 1.42 bits per heavy atom. The normalized spacial score (nSPS) is 9.50. The van der Waals surface area contributed by atoms with Crippen molar-refractivity contribution in [3.8, 4) is 5.75 Å². The Bertz CT molecular complexity index is 295. The number of aromatic hydroxyl groups is 1. The molecule has 1 aromatic rings. The van der Waals surface area contributed by atoms with E-state index < -0.39 is 0 Å². The Kier molecular flexibility index (Phi) is 2.33. The molecule has 0 aliphatic rings. The summed E-state index contributed by atoms with van der Waals surface area (Å²) in [6.07, 6.45) is 0.773. The zero-order valence-corrected chi connectivity index (χ0v) is 7.11. The number of phenolic OH excluding ortho intramolecular Hbond substituents is 1. The summed E-state index contributed by atoms with van der Waals surface area (Å²) in [4.78, 5) is 12.3. The molecule has 0 saturated carbocycles. The highest BCUT2D eigenvalue weighted by Gasteiger charge is 2.03. The number of nitrogens with zero attached hydrogens (tertiary/aromatic N) is 1. The zero-order chi connectivity index (χ0) is 9.14. The maximum absolute atomic E-state index is 10.5. The first-order valence-corrected chi connectivity index (χ1v) is 3.60. The minimum Gasteiger partial charge on any atom is -0.508 e. The van der Waals surface area contributed by atoms with Crippen molar-refractivity contribution in [1.82, 2.24) is 0 Å². The fourth-order valence-corrected chi connectivity index (χ4v) is 1.02. The molecule has 0 fully saturated rings. The summed E-state index contributed by atoms with van der Waals surface area (Å²) in [5.41, 5.74) is 1.31. The topological polar surface area (TPSA) is 40.5 Å². The van der Waals surface area contributed by atoms with Gasteiger partial charge in [-0.15, -0.1) is 0 Å². The van der Waals surface area contributed by atoms with Crippen LogP contribution in [-0.2, 0) is 0 Å². The van der Waals surface area contributed by atoms with Crippen molar-refractivity contribution in [3.63, 3.8) is 0 Å². The van der Waals surface area contributed by atoms with Crippen molar-refractivity contribution in [2.75, 3.05) is 19.0 Å². The van der Waals surface area contributed by atoms with Crippen LogP contribution in [-0.4, -0.2) is 25.5 Å². The molecular weight excluding hydrogens is 154 g/mol. The highest BCUT2D eigenvalue weighted by atomic mass is 16.3. The van der Waals surface area contributed by atoms with Crippen LogP contribution >= 0.6 is 0 Å². The highest BCUT2D eigenvalue weighted by Crippen LogP contribution is 2.22.